The third-order valence-corrected chi connectivity index (χ3v) is 6.75. The summed E-state index contributed by atoms with van der Waals surface area (Å²) in [6.45, 7) is 8.08. The molecule has 1 saturated heterocycles. The molecular weight excluding hydrogens is 334 g/mol. The fourth-order valence-electron chi connectivity index (χ4n) is 3.88. The zero-order valence-electron chi connectivity index (χ0n) is 14.8. The summed E-state index contributed by atoms with van der Waals surface area (Å²) < 4.78 is 3.45. The Morgan fingerprint density at radius 2 is 1.92 bits per heavy atom. The summed E-state index contributed by atoms with van der Waals surface area (Å²) in [5.74, 6) is 1.34. The Balaban J connectivity index is 1.67. The molecule has 0 spiro atoms. The Morgan fingerprint density at radius 1 is 1.16 bits per heavy atom. The number of fused-ring (bicyclic) bond motifs is 3. The maximum Gasteiger partial charge on any atom is 0.351 e. The Morgan fingerprint density at radius 3 is 2.64 bits per heavy atom. The van der Waals surface area contributed by atoms with Gasteiger partial charge in [0.15, 0.2) is 5.65 Å². The molecule has 0 unspecified atom stereocenters. The molecule has 6 nitrogen and oxygen atoms in total. The standard InChI is InChI=1S/C18H23N5OS/c1-11-12(2)25-17-14(11)16-20-22(10-9-21-7-3-4-8-21)18(24)23(16)15(19-17)13-5-6-13/h13H,3-10H2,1-2H3. The van der Waals surface area contributed by atoms with Crippen LogP contribution < -0.4 is 5.69 Å². The minimum Gasteiger partial charge on any atom is -0.301 e. The average molecular weight is 357 g/mol. The summed E-state index contributed by atoms with van der Waals surface area (Å²) in [4.78, 5) is 22.6. The molecule has 3 aromatic heterocycles. The molecule has 1 aliphatic heterocycles. The molecule has 0 bridgehead atoms. The van der Waals surface area contributed by atoms with E-state index in [1.54, 1.807) is 20.4 Å². The van der Waals surface area contributed by atoms with E-state index in [9.17, 15) is 4.79 Å². The molecule has 0 N–H and O–H groups in total. The Bertz CT molecular complexity index is 1020. The second-order valence-electron chi connectivity index (χ2n) is 7.42. The number of rotatable bonds is 4. The van der Waals surface area contributed by atoms with Gasteiger partial charge >= 0.3 is 5.69 Å². The van der Waals surface area contributed by atoms with Crippen LogP contribution in [0.5, 0.6) is 0 Å². The molecule has 2 fully saturated rings. The van der Waals surface area contributed by atoms with Crippen molar-refractivity contribution < 1.29 is 0 Å². The normalized spacial score (nSPS) is 18.8. The van der Waals surface area contributed by atoms with Crippen LogP contribution in [0.15, 0.2) is 4.79 Å². The quantitative estimate of drug-likeness (QED) is 0.720. The van der Waals surface area contributed by atoms with Crippen molar-refractivity contribution >= 4 is 27.2 Å². The Labute approximate surface area is 150 Å². The predicted octanol–water partition coefficient (Wildman–Crippen LogP) is 2.70. The number of aryl methyl sites for hydroxylation is 2. The predicted molar refractivity (Wildman–Crippen MR) is 99.8 cm³/mol. The van der Waals surface area contributed by atoms with E-state index in [-0.39, 0.29) is 5.69 Å². The summed E-state index contributed by atoms with van der Waals surface area (Å²) in [5.41, 5.74) is 1.99. The molecule has 0 amide bonds. The molecule has 0 radical (unpaired) electrons. The number of hydrogen-bond acceptors (Lipinski definition) is 5. The first-order chi connectivity index (χ1) is 12.1. The number of thiophene rings is 1. The van der Waals surface area contributed by atoms with E-state index in [1.807, 2.05) is 0 Å². The topological polar surface area (TPSA) is 55.4 Å². The van der Waals surface area contributed by atoms with Crippen LogP contribution in [0.1, 0.15) is 47.9 Å². The highest BCUT2D eigenvalue weighted by Gasteiger charge is 2.31. The molecule has 1 aliphatic carbocycles. The fourth-order valence-corrected chi connectivity index (χ4v) is 4.92. The number of likely N-dealkylation sites (tertiary alicyclic amines) is 1. The number of hydrogen-bond donors (Lipinski definition) is 0. The van der Waals surface area contributed by atoms with Gasteiger partial charge in [0.2, 0.25) is 0 Å². The maximum atomic E-state index is 13.1. The molecule has 5 rings (SSSR count). The highest BCUT2D eigenvalue weighted by atomic mass is 32.1. The maximum absolute atomic E-state index is 13.1. The number of nitrogens with zero attached hydrogens (tertiary/aromatic N) is 5. The van der Waals surface area contributed by atoms with Crippen molar-refractivity contribution in [1.82, 2.24) is 24.1 Å². The van der Waals surface area contributed by atoms with E-state index in [4.69, 9.17) is 10.1 Å². The van der Waals surface area contributed by atoms with Gasteiger partial charge in [-0.25, -0.2) is 18.9 Å². The average Bonchev–Trinajstić information content (AvgIpc) is 3.10. The van der Waals surface area contributed by atoms with E-state index in [2.05, 4.69) is 18.7 Å². The van der Waals surface area contributed by atoms with Gasteiger partial charge in [-0.2, -0.15) is 0 Å². The molecule has 3 aromatic rings. The van der Waals surface area contributed by atoms with Gasteiger partial charge in [-0.05, 0) is 58.2 Å². The van der Waals surface area contributed by atoms with Crippen LogP contribution in [0, 0.1) is 13.8 Å². The lowest BCUT2D eigenvalue weighted by atomic mass is 10.2. The molecule has 25 heavy (non-hydrogen) atoms. The first kappa shape index (κ1) is 15.5. The molecule has 0 atom stereocenters. The zero-order valence-corrected chi connectivity index (χ0v) is 15.6. The first-order valence-corrected chi connectivity index (χ1v) is 10.1. The molecule has 4 heterocycles. The summed E-state index contributed by atoms with van der Waals surface area (Å²) >= 11 is 1.72. The van der Waals surface area contributed by atoms with Crippen molar-refractivity contribution in [3.05, 3.63) is 26.7 Å². The Hall–Kier alpha value is -1.73. The third-order valence-electron chi connectivity index (χ3n) is 5.64. The van der Waals surface area contributed by atoms with Crippen LogP contribution >= 0.6 is 11.3 Å². The first-order valence-electron chi connectivity index (χ1n) is 9.25. The monoisotopic (exact) mass is 357 g/mol. The summed E-state index contributed by atoms with van der Waals surface area (Å²) in [6.07, 6.45) is 4.79. The van der Waals surface area contributed by atoms with Gasteiger partial charge in [0.05, 0.1) is 11.9 Å². The van der Waals surface area contributed by atoms with Gasteiger partial charge in [0, 0.05) is 17.3 Å². The van der Waals surface area contributed by atoms with Crippen LogP contribution in [0.2, 0.25) is 0 Å². The SMILES string of the molecule is Cc1sc2nc(C3CC3)n3c(=O)n(CCN4CCCC4)nc3c2c1C. The minimum atomic E-state index is -0.0197. The van der Waals surface area contributed by atoms with E-state index in [0.717, 1.165) is 54.2 Å². The van der Waals surface area contributed by atoms with Crippen LogP contribution in [0.4, 0.5) is 0 Å². The van der Waals surface area contributed by atoms with Crippen LogP contribution in [-0.4, -0.2) is 43.7 Å². The van der Waals surface area contributed by atoms with Crippen LogP contribution in [0.25, 0.3) is 15.9 Å². The van der Waals surface area contributed by atoms with Gasteiger partial charge in [0.25, 0.3) is 0 Å². The van der Waals surface area contributed by atoms with Gasteiger partial charge in [-0.1, -0.05) is 0 Å². The largest absolute Gasteiger partial charge is 0.351 e. The zero-order chi connectivity index (χ0) is 17.1. The summed E-state index contributed by atoms with van der Waals surface area (Å²) in [7, 11) is 0. The molecule has 1 saturated carbocycles. The van der Waals surface area contributed by atoms with Crippen molar-refractivity contribution in [3.63, 3.8) is 0 Å². The molecule has 7 heteroatoms. The Kier molecular flexibility index (Phi) is 3.50. The second kappa shape index (κ2) is 5.64. The lowest BCUT2D eigenvalue weighted by Gasteiger charge is -2.13. The van der Waals surface area contributed by atoms with E-state index < -0.39 is 0 Å². The van der Waals surface area contributed by atoms with Crippen molar-refractivity contribution in [2.75, 3.05) is 19.6 Å². The second-order valence-corrected chi connectivity index (χ2v) is 8.62. The molecule has 2 aliphatic rings. The van der Waals surface area contributed by atoms with Gasteiger partial charge in [-0.3, -0.25) is 0 Å². The highest BCUT2D eigenvalue weighted by molar-refractivity contribution is 7.18. The van der Waals surface area contributed by atoms with Crippen LogP contribution in [-0.2, 0) is 6.54 Å². The third kappa shape index (κ3) is 2.44. The van der Waals surface area contributed by atoms with Gasteiger partial charge in [-0.15, -0.1) is 16.4 Å². The van der Waals surface area contributed by atoms with Crippen molar-refractivity contribution in [2.45, 2.75) is 52.0 Å². The van der Waals surface area contributed by atoms with E-state index >= 15 is 0 Å². The molecule has 0 aromatic carbocycles. The van der Waals surface area contributed by atoms with Gasteiger partial charge < -0.3 is 4.90 Å². The summed E-state index contributed by atoms with van der Waals surface area (Å²) in [5, 5.41) is 5.81. The molecular formula is C18H23N5OS. The van der Waals surface area contributed by atoms with E-state index in [1.165, 1.54) is 23.3 Å². The smallest absolute Gasteiger partial charge is 0.301 e. The lowest BCUT2D eigenvalue weighted by molar-refractivity contribution is 0.313. The molecule has 132 valence electrons. The van der Waals surface area contributed by atoms with Crippen LogP contribution in [0.3, 0.4) is 0 Å². The van der Waals surface area contributed by atoms with E-state index in [0.29, 0.717) is 12.5 Å². The lowest BCUT2D eigenvalue weighted by Crippen LogP contribution is -2.30. The summed E-state index contributed by atoms with van der Waals surface area (Å²) in [6, 6.07) is 0. The number of aromatic nitrogens is 4. The van der Waals surface area contributed by atoms with Gasteiger partial charge in [0.1, 0.15) is 10.7 Å². The minimum absolute atomic E-state index is 0.0197. The fraction of sp³-hybridized carbons (Fsp3) is 0.611. The highest BCUT2D eigenvalue weighted by Crippen LogP contribution is 2.41. The van der Waals surface area contributed by atoms with Crippen molar-refractivity contribution in [1.29, 1.82) is 0 Å². The van der Waals surface area contributed by atoms with Crippen molar-refractivity contribution in [2.24, 2.45) is 0 Å². The van der Waals surface area contributed by atoms with Crippen molar-refractivity contribution in [3.8, 4) is 0 Å².